The van der Waals surface area contributed by atoms with Gasteiger partial charge in [-0.3, -0.25) is 0 Å². The molecule has 1 fully saturated rings. The summed E-state index contributed by atoms with van der Waals surface area (Å²) in [6, 6.07) is 0. The number of hydrogen-bond donors (Lipinski definition) is 1. The van der Waals surface area contributed by atoms with Crippen molar-refractivity contribution in [2.75, 3.05) is 30.8 Å². The number of thiazole rings is 1. The van der Waals surface area contributed by atoms with E-state index >= 15 is 0 Å². The number of anilines is 2. The van der Waals surface area contributed by atoms with Crippen molar-refractivity contribution in [2.24, 2.45) is 5.92 Å². The quantitative estimate of drug-likeness (QED) is 0.815. The lowest BCUT2D eigenvalue weighted by molar-refractivity contribution is 0.0607. The Bertz CT molecular complexity index is 411. The molecule has 1 aliphatic rings. The first-order valence-corrected chi connectivity index (χ1v) is 6.53. The highest BCUT2D eigenvalue weighted by atomic mass is 32.1. The summed E-state index contributed by atoms with van der Waals surface area (Å²) in [6.45, 7) is 4.22. The van der Waals surface area contributed by atoms with E-state index in [4.69, 9.17) is 5.73 Å². The zero-order valence-electron chi connectivity index (χ0n) is 10.1. The van der Waals surface area contributed by atoms with Gasteiger partial charge in [-0.15, -0.1) is 0 Å². The minimum atomic E-state index is -0.406. The molecule has 1 aliphatic heterocycles. The Balaban J connectivity index is 2.14. The van der Waals surface area contributed by atoms with Crippen LogP contribution >= 0.6 is 11.3 Å². The zero-order chi connectivity index (χ0) is 12.4. The second kappa shape index (κ2) is 4.91. The third-order valence-electron chi connectivity index (χ3n) is 3.07. The molecule has 0 atom stereocenters. The molecule has 2 N–H and O–H groups in total. The maximum Gasteiger partial charge on any atom is 0.351 e. The van der Waals surface area contributed by atoms with Crippen LogP contribution in [0.3, 0.4) is 0 Å². The molecule has 2 rings (SSSR count). The first kappa shape index (κ1) is 12.2. The van der Waals surface area contributed by atoms with Crippen molar-refractivity contribution in [3.05, 3.63) is 4.88 Å². The highest BCUT2D eigenvalue weighted by molar-refractivity contribution is 7.18. The lowest BCUT2D eigenvalue weighted by atomic mass is 10.00. The van der Waals surface area contributed by atoms with Crippen molar-refractivity contribution in [3.63, 3.8) is 0 Å². The third kappa shape index (κ3) is 2.52. The predicted octanol–water partition coefficient (Wildman–Crippen LogP) is 1.75. The first-order valence-electron chi connectivity index (χ1n) is 5.71. The largest absolute Gasteiger partial charge is 0.465 e. The smallest absolute Gasteiger partial charge is 0.351 e. The van der Waals surface area contributed by atoms with E-state index in [1.807, 2.05) is 0 Å². The van der Waals surface area contributed by atoms with Crippen LogP contribution in [0, 0.1) is 5.92 Å². The van der Waals surface area contributed by atoms with Gasteiger partial charge in [-0.25, -0.2) is 9.78 Å². The van der Waals surface area contributed by atoms with Gasteiger partial charge >= 0.3 is 5.97 Å². The molecule has 0 saturated carbocycles. The summed E-state index contributed by atoms with van der Waals surface area (Å²) in [6.07, 6.45) is 2.32. The zero-order valence-corrected chi connectivity index (χ0v) is 10.9. The Morgan fingerprint density at radius 2 is 2.18 bits per heavy atom. The van der Waals surface area contributed by atoms with Gasteiger partial charge in [0.2, 0.25) is 0 Å². The molecule has 0 spiro atoms. The van der Waals surface area contributed by atoms with Crippen molar-refractivity contribution < 1.29 is 9.53 Å². The molecule has 6 heteroatoms. The van der Waals surface area contributed by atoms with Crippen molar-refractivity contribution >= 4 is 28.3 Å². The lowest BCUT2D eigenvalue weighted by Crippen LogP contribution is -2.32. The number of methoxy groups -OCH3 is 1. The molecule has 0 aliphatic carbocycles. The number of carbonyl (C=O) groups excluding carboxylic acids is 1. The SMILES string of the molecule is COC(=O)c1sc(N2CCC(C)CC2)nc1N. The first-order chi connectivity index (χ1) is 8.11. The van der Waals surface area contributed by atoms with Gasteiger partial charge in [0.15, 0.2) is 15.8 Å². The molecule has 1 aromatic rings. The fourth-order valence-electron chi connectivity index (χ4n) is 1.89. The summed E-state index contributed by atoms with van der Waals surface area (Å²) in [5.74, 6) is 0.635. The van der Waals surface area contributed by atoms with Crippen LogP contribution in [-0.4, -0.2) is 31.2 Å². The number of nitrogen functional groups attached to an aromatic ring is 1. The maximum absolute atomic E-state index is 11.4. The van der Waals surface area contributed by atoms with Gasteiger partial charge in [0, 0.05) is 13.1 Å². The molecule has 0 aromatic carbocycles. The molecule has 1 aromatic heterocycles. The van der Waals surface area contributed by atoms with Crippen LogP contribution in [0.2, 0.25) is 0 Å². The van der Waals surface area contributed by atoms with Gasteiger partial charge in [-0.05, 0) is 18.8 Å². The Kier molecular flexibility index (Phi) is 3.51. The second-order valence-corrected chi connectivity index (χ2v) is 5.35. The molecule has 17 heavy (non-hydrogen) atoms. The number of nitrogens with zero attached hydrogens (tertiary/aromatic N) is 2. The van der Waals surface area contributed by atoms with Crippen LogP contribution in [0.4, 0.5) is 10.9 Å². The Labute approximate surface area is 105 Å². The summed E-state index contributed by atoms with van der Waals surface area (Å²) in [5.41, 5.74) is 5.72. The van der Waals surface area contributed by atoms with E-state index in [9.17, 15) is 4.79 Å². The van der Waals surface area contributed by atoms with Gasteiger partial charge in [0.05, 0.1) is 7.11 Å². The van der Waals surface area contributed by atoms with Crippen LogP contribution in [-0.2, 0) is 4.74 Å². The van der Waals surface area contributed by atoms with Crippen LogP contribution in [0.5, 0.6) is 0 Å². The standard InChI is InChI=1S/C11H17N3O2S/c1-7-3-5-14(6-4-7)11-13-9(12)8(17-11)10(15)16-2/h7H,3-6,12H2,1-2H3. The van der Waals surface area contributed by atoms with Crippen LogP contribution < -0.4 is 10.6 Å². The van der Waals surface area contributed by atoms with Gasteiger partial charge < -0.3 is 15.4 Å². The topological polar surface area (TPSA) is 68.5 Å². The van der Waals surface area contributed by atoms with Gasteiger partial charge in [0.25, 0.3) is 0 Å². The number of piperidine rings is 1. The van der Waals surface area contributed by atoms with Gasteiger partial charge in [0.1, 0.15) is 0 Å². The number of esters is 1. The number of aromatic nitrogens is 1. The molecule has 5 nitrogen and oxygen atoms in total. The number of ether oxygens (including phenoxy) is 1. The summed E-state index contributed by atoms with van der Waals surface area (Å²) in [7, 11) is 1.35. The average Bonchev–Trinajstić information content (AvgIpc) is 2.71. The Hall–Kier alpha value is -1.30. The fraction of sp³-hybridized carbons (Fsp3) is 0.636. The number of rotatable bonds is 2. The van der Waals surface area contributed by atoms with Crippen LogP contribution in [0.1, 0.15) is 29.4 Å². The molecule has 2 heterocycles. The summed E-state index contributed by atoms with van der Waals surface area (Å²) >= 11 is 1.32. The third-order valence-corrected chi connectivity index (χ3v) is 4.18. The van der Waals surface area contributed by atoms with Crippen molar-refractivity contribution in [1.29, 1.82) is 0 Å². The van der Waals surface area contributed by atoms with Crippen molar-refractivity contribution in [3.8, 4) is 0 Å². The molecule has 0 bridgehead atoms. The molecule has 0 unspecified atom stereocenters. The predicted molar refractivity (Wildman–Crippen MR) is 68.5 cm³/mol. The number of hydrogen-bond acceptors (Lipinski definition) is 6. The van der Waals surface area contributed by atoms with E-state index in [-0.39, 0.29) is 5.82 Å². The van der Waals surface area contributed by atoms with E-state index < -0.39 is 5.97 Å². The summed E-state index contributed by atoms with van der Waals surface area (Å²) in [4.78, 5) is 18.3. The van der Waals surface area contributed by atoms with Crippen molar-refractivity contribution in [1.82, 2.24) is 4.98 Å². The molecule has 94 valence electrons. The molecular formula is C11H17N3O2S. The summed E-state index contributed by atoms with van der Waals surface area (Å²) < 4.78 is 4.67. The second-order valence-electron chi connectivity index (χ2n) is 4.37. The highest BCUT2D eigenvalue weighted by Crippen LogP contribution is 2.31. The van der Waals surface area contributed by atoms with Gasteiger partial charge in [-0.1, -0.05) is 18.3 Å². The van der Waals surface area contributed by atoms with Crippen LogP contribution in [0.15, 0.2) is 0 Å². The van der Waals surface area contributed by atoms with E-state index in [0.717, 1.165) is 37.0 Å². The molecule has 1 saturated heterocycles. The number of nitrogens with two attached hydrogens (primary N) is 1. The monoisotopic (exact) mass is 255 g/mol. The normalized spacial score (nSPS) is 17.2. The van der Waals surface area contributed by atoms with Crippen molar-refractivity contribution in [2.45, 2.75) is 19.8 Å². The van der Waals surface area contributed by atoms with Crippen LogP contribution in [0.25, 0.3) is 0 Å². The fourth-order valence-corrected chi connectivity index (χ4v) is 2.85. The lowest BCUT2D eigenvalue weighted by Gasteiger charge is -2.29. The van der Waals surface area contributed by atoms with E-state index in [0.29, 0.717) is 4.88 Å². The highest BCUT2D eigenvalue weighted by Gasteiger charge is 2.22. The van der Waals surface area contributed by atoms with E-state index in [1.165, 1.54) is 18.4 Å². The van der Waals surface area contributed by atoms with E-state index in [1.54, 1.807) is 0 Å². The Morgan fingerprint density at radius 1 is 1.53 bits per heavy atom. The molecule has 0 radical (unpaired) electrons. The molecule has 0 amide bonds. The average molecular weight is 255 g/mol. The van der Waals surface area contributed by atoms with E-state index in [2.05, 4.69) is 21.5 Å². The minimum absolute atomic E-state index is 0.274. The maximum atomic E-state index is 11.4. The Morgan fingerprint density at radius 3 is 2.76 bits per heavy atom. The molecular weight excluding hydrogens is 238 g/mol. The summed E-state index contributed by atoms with van der Waals surface area (Å²) in [5, 5.41) is 0.829. The number of carbonyl (C=O) groups is 1. The minimum Gasteiger partial charge on any atom is -0.465 e. The van der Waals surface area contributed by atoms with Gasteiger partial charge in [-0.2, -0.15) is 0 Å².